The number of benzene rings is 1. The molecule has 2 aromatic rings. The zero-order valence-electron chi connectivity index (χ0n) is 14.7. The molecule has 1 aromatic heterocycles. The number of carbonyl (C=O) groups excluding carboxylic acids is 1. The molecule has 1 heterocycles. The molecule has 0 aliphatic rings. The monoisotopic (exact) mass is 334 g/mol. The van der Waals surface area contributed by atoms with Gasteiger partial charge in [0, 0.05) is 11.8 Å². The first-order valence-corrected chi connectivity index (χ1v) is 7.83. The molecule has 0 aliphatic carbocycles. The second-order valence-corrected chi connectivity index (χ2v) is 6.74. The van der Waals surface area contributed by atoms with Crippen molar-refractivity contribution in [3.05, 3.63) is 47.5 Å². The predicted octanol–water partition coefficient (Wildman–Crippen LogP) is 3.71. The van der Waals surface area contributed by atoms with Gasteiger partial charge in [0.2, 0.25) is 0 Å². The van der Waals surface area contributed by atoms with Crippen molar-refractivity contribution in [2.45, 2.75) is 46.3 Å². The van der Waals surface area contributed by atoms with Gasteiger partial charge in [0.05, 0.1) is 5.54 Å². The molecular weight excluding hydrogens is 311 g/mol. The minimum Gasteiger partial charge on any atom is -0.490 e. The molecule has 1 atom stereocenters. The quantitative estimate of drug-likeness (QED) is 0.782. The van der Waals surface area contributed by atoms with Gasteiger partial charge in [-0.05, 0) is 52.8 Å². The van der Waals surface area contributed by atoms with Crippen molar-refractivity contribution in [1.82, 2.24) is 9.78 Å². The van der Waals surface area contributed by atoms with E-state index < -0.39 is 12.1 Å². The van der Waals surface area contributed by atoms with E-state index in [2.05, 4.69) is 5.10 Å². The minimum absolute atomic E-state index is 0.133. The molecule has 0 saturated heterocycles. The lowest BCUT2D eigenvalue weighted by molar-refractivity contribution is 0.0220. The fraction of sp³-hybridized carbons (Fsp3) is 0.444. The fourth-order valence-electron chi connectivity index (χ4n) is 2.30. The summed E-state index contributed by atoms with van der Waals surface area (Å²) < 4.78 is 25.6. The van der Waals surface area contributed by atoms with E-state index in [4.69, 9.17) is 9.47 Å². The average molecular weight is 334 g/mol. The molecule has 0 radical (unpaired) electrons. The second kappa shape index (κ2) is 7.03. The summed E-state index contributed by atoms with van der Waals surface area (Å²) >= 11 is 0. The first-order chi connectivity index (χ1) is 11.2. The fourth-order valence-corrected chi connectivity index (χ4v) is 2.30. The van der Waals surface area contributed by atoms with Crippen LogP contribution in [0, 0.1) is 12.7 Å². The average Bonchev–Trinajstić information content (AvgIpc) is 2.87. The standard InChI is InChI=1S/C18H23FN2O3/c1-12-9-16(20-21(12)18(3,4)5)17(22)24-13(2)11-23-15-8-6-7-14(19)10-15/h6-10,13H,11H2,1-5H3. The van der Waals surface area contributed by atoms with E-state index in [0.29, 0.717) is 5.75 Å². The number of esters is 1. The molecule has 24 heavy (non-hydrogen) atoms. The van der Waals surface area contributed by atoms with Gasteiger partial charge in [0.1, 0.15) is 24.3 Å². The molecule has 0 amide bonds. The number of rotatable bonds is 5. The van der Waals surface area contributed by atoms with E-state index in [-0.39, 0.29) is 23.7 Å². The van der Waals surface area contributed by atoms with E-state index in [9.17, 15) is 9.18 Å². The molecule has 0 fully saturated rings. The highest BCUT2D eigenvalue weighted by atomic mass is 19.1. The maximum absolute atomic E-state index is 13.1. The summed E-state index contributed by atoms with van der Waals surface area (Å²) in [7, 11) is 0. The van der Waals surface area contributed by atoms with Gasteiger partial charge < -0.3 is 9.47 Å². The number of ether oxygens (including phenoxy) is 2. The molecule has 1 unspecified atom stereocenters. The van der Waals surface area contributed by atoms with Crippen LogP contribution in [0.5, 0.6) is 5.75 Å². The Morgan fingerprint density at radius 3 is 2.62 bits per heavy atom. The Balaban J connectivity index is 1.94. The second-order valence-electron chi connectivity index (χ2n) is 6.74. The summed E-state index contributed by atoms with van der Waals surface area (Å²) in [6, 6.07) is 7.52. The van der Waals surface area contributed by atoms with E-state index in [1.807, 2.05) is 27.7 Å². The first kappa shape index (κ1) is 18.0. The Morgan fingerprint density at radius 2 is 2.04 bits per heavy atom. The lowest BCUT2D eigenvalue weighted by Gasteiger charge is -2.21. The predicted molar refractivity (Wildman–Crippen MR) is 88.7 cm³/mol. The topological polar surface area (TPSA) is 53.4 Å². The SMILES string of the molecule is Cc1cc(C(=O)OC(C)COc2cccc(F)c2)nn1C(C)(C)C. The molecular formula is C18H23FN2O3. The van der Waals surface area contributed by atoms with Crippen molar-refractivity contribution >= 4 is 5.97 Å². The number of carbonyl (C=O) groups is 1. The normalized spacial score (nSPS) is 12.8. The van der Waals surface area contributed by atoms with Crippen molar-refractivity contribution in [3.63, 3.8) is 0 Å². The number of hydrogen-bond donors (Lipinski definition) is 0. The van der Waals surface area contributed by atoms with Gasteiger partial charge >= 0.3 is 5.97 Å². The van der Waals surface area contributed by atoms with E-state index >= 15 is 0 Å². The van der Waals surface area contributed by atoms with Crippen molar-refractivity contribution < 1.29 is 18.7 Å². The molecule has 0 saturated carbocycles. The van der Waals surface area contributed by atoms with Gasteiger partial charge in [-0.25, -0.2) is 9.18 Å². The number of nitrogens with zero attached hydrogens (tertiary/aromatic N) is 2. The molecule has 0 aliphatic heterocycles. The van der Waals surface area contributed by atoms with Crippen molar-refractivity contribution in [3.8, 4) is 5.75 Å². The van der Waals surface area contributed by atoms with Gasteiger partial charge in [-0.3, -0.25) is 4.68 Å². The zero-order valence-corrected chi connectivity index (χ0v) is 14.7. The van der Waals surface area contributed by atoms with Gasteiger partial charge in [-0.1, -0.05) is 6.07 Å². The van der Waals surface area contributed by atoms with Crippen LogP contribution in [0.25, 0.3) is 0 Å². The highest BCUT2D eigenvalue weighted by Gasteiger charge is 2.22. The van der Waals surface area contributed by atoms with Crippen LogP contribution in [0.15, 0.2) is 30.3 Å². The van der Waals surface area contributed by atoms with Crippen LogP contribution in [0.2, 0.25) is 0 Å². The van der Waals surface area contributed by atoms with Gasteiger partial charge in [-0.15, -0.1) is 0 Å². The Kier molecular flexibility index (Phi) is 5.26. The van der Waals surface area contributed by atoms with Crippen LogP contribution in [-0.4, -0.2) is 28.5 Å². The zero-order chi connectivity index (χ0) is 17.9. The van der Waals surface area contributed by atoms with Crippen LogP contribution in [-0.2, 0) is 10.3 Å². The number of hydrogen-bond acceptors (Lipinski definition) is 4. The summed E-state index contributed by atoms with van der Waals surface area (Å²) in [4.78, 5) is 12.2. The van der Waals surface area contributed by atoms with Crippen molar-refractivity contribution in [2.24, 2.45) is 0 Å². The molecule has 130 valence electrons. The van der Waals surface area contributed by atoms with E-state index in [0.717, 1.165) is 5.69 Å². The third-order valence-corrected chi connectivity index (χ3v) is 3.32. The molecule has 0 spiro atoms. The third-order valence-electron chi connectivity index (χ3n) is 3.32. The highest BCUT2D eigenvalue weighted by Crippen LogP contribution is 2.18. The lowest BCUT2D eigenvalue weighted by atomic mass is 10.1. The number of aryl methyl sites for hydroxylation is 1. The molecule has 0 bridgehead atoms. The summed E-state index contributed by atoms with van der Waals surface area (Å²) in [5, 5.41) is 4.32. The summed E-state index contributed by atoms with van der Waals surface area (Å²) in [5.41, 5.74) is 0.937. The van der Waals surface area contributed by atoms with Gasteiger partial charge in [-0.2, -0.15) is 5.10 Å². The highest BCUT2D eigenvalue weighted by molar-refractivity contribution is 5.87. The molecule has 5 nitrogen and oxygen atoms in total. The number of halogens is 1. The molecule has 0 N–H and O–H groups in total. The van der Waals surface area contributed by atoms with Crippen LogP contribution in [0.4, 0.5) is 4.39 Å². The molecule has 2 rings (SSSR count). The molecule has 6 heteroatoms. The van der Waals surface area contributed by atoms with E-state index in [1.54, 1.807) is 29.8 Å². The summed E-state index contributed by atoms with van der Waals surface area (Å²) in [6.45, 7) is 9.77. The van der Waals surface area contributed by atoms with Crippen LogP contribution >= 0.6 is 0 Å². The maximum Gasteiger partial charge on any atom is 0.359 e. The Bertz CT molecular complexity index is 719. The van der Waals surface area contributed by atoms with E-state index in [1.165, 1.54) is 12.1 Å². The Morgan fingerprint density at radius 1 is 1.33 bits per heavy atom. The van der Waals surface area contributed by atoms with Crippen molar-refractivity contribution in [1.29, 1.82) is 0 Å². The maximum atomic E-state index is 13.1. The van der Waals surface area contributed by atoms with Crippen LogP contribution < -0.4 is 4.74 Å². The largest absolute Gasteiger partial charge is 0.490 e. The van der Waals surface area contributed by atoms with Crippen LogP contribution in [0.1, 0.15) is 43.9 Å². The van der Waals surface area contributed by atoms with Crippen LogP contribution in [0.3, 0.4) is 0 Å². The first-order valence-electron chi connectivity index (χ1n) is 7.83. The van der Waals surface area contributed by atoms with Gasteiger partial charge in [0.15, 0.2) is 5.69 Å². The lowest BCUT2D eigenvalue weighted by Crippen LogP contribution is -2.25. The summed E-state index contributed by atoms with van der Waals surface area (Å²) in [5.74, 6) is -0.484. The molecule has 1 aromatic carbocycles. The summed E-state index contributed by atoms with van der Waals surface area (Å²) in [6.07, 6.45) is -0.485. The smallest absolute Gasteiger partial charge is 0.359 e. The number of aromatic nitrogens is 2. The third kappa shape index (κ3) is 4.57. The van der Waals surface area contributed by atoms with Crippen molar-refractivity contribution in [2.75, 3.05) is 6.61 Å². The van der Waals surface area contributed by atoms with Gasteiger partial charge in [0.25, 0.3) is 0 Å². The Hall–Kier alpha value is -2.37. The Labute approximate surface area is 141 Å². The minimum atomic E-state index is -0.503.